The van der Waals surface area contributed by atoms with Crippen LogP contribution < -0.4 is 0 Å². The van der Waals surface area contributed by atoms with Gasteiger partial charge in [0.15, 0.2) is 0 Å². The molecule has 0 aliphatic heterocycles. The summed E-state index contributed by atoms with van der Waals surface area (Å²) in [5.41, 5.74) is 0. The number of aryl methyl sites for hydroxylation is 1. The van der Waals surface area contributed by atoms with Crippen molar-refractivity contribution in [2.45, 2.75) is 26.8 Å². The molecule has 0 fully saturated rings. The third kappa shape index (κ3) is 2.24. The molecule has 0 N–H and O–H groups in total. The van der Waals surface area contributed by atoms with Gasteiger partial charge in [-0.3, -0.25) is 0 Å². The van der Waals surface area contributed by atoms with Crippen LogP contribution in [0, 0.1) is 5.92 Å². The second kappa shape index (κ2) is 4.51. The van der Waals surface area contributed by atoms with E-state index in [1.165, 1.54) is 0 Å². The van der Waals surface area contributed by atoms with Gasteiger partial charge in [-0.05, 0) is 12.8 Å². The first-order valence-electron chi connectivity index (χ1n) is 4.33. The molecule has 0 saturated carbocycles. The highest BCUT2D eigenvalue weighted by Gasteiger charge is 2.06. The Labute approximate surface area is 78.6 Å². The van der Waals surface area contributed by atoms with E-state index in [1.54, 1.807) is 0 Å². The van der Waals surface area contributed by atoms with Gasteiger partial charge in [-0.1, -0.05) is 6.92 Å². The van der Waals surface area contributed by atoms with E-state index >= 15 is 0 Å². The summed E-state index contributed by atoms with van der Waals surface area (Å²) in [6.07, 6.45) is 4.83. The first-order chi connectivity index (χ1) is 5.77. The highest BCUT2D eigenvalue weighted by atomic mass is 35.5. The van der Waals surface area contributed by atoms with E-state index in [0.29, 0.717) is 11.8 Å². The lowest BCUT2D eigenvalue weighted by molar-refractivity contribution is 0.588. The molecule has 1 aromatic rings. The second-order valence-electron chi connectivity index (χ2n) is 3.09. The average Bonchev–Trinajstić information content (AvgIpc) is 2.51. The summed E-state index contributed by atoms with van der Waals surface area (Å²) in [5.74, 6) is 2.36. The van der Waals surface area contributed by atoms with Crippen LogP contribution in [0.2, 0.25) is 0 Å². The second-order valence-corrected chi connectivity index (χ2v) is 3.40. The maximum absolute atomic E-state index is 5.73. The maximum atomic E-state index is 5.73. The third-order valence-corrected chi connectivity index (χ3v) is 2.46. The maximum Gasteiger partial charge on any atom is 0.108 e. The number of rotatable bonds is 4. The van der Waals surface area contributed by atoms with Gasteiger partial charge < -0.3 is 4.57 Å². The van der Waals surface area contributed by atoms with Crippen LogP contribution in [0.4, 0.5) is 0 Å². The minimum Gasteiger partial charge on any atom is -0.335 e. The molecule has 0 bridgehead atoms. The van der Waals surface area contributed by atoms with Crippen LogP contribution in [0.15, 0.2) is 12.4 Å². The summed E-state index contributed by atoms with van der Waals surface area (Å²) in [5, 5.41) is 0. The van der Waals surface area contributed by atoms with Crippen molar-refractivity contribution >= 4 is 11.6 Å². The number of hydrogen-bond acceptors (Lipinski definition) is 1. The lowest BCUT2D eigenvalue weighted by Crippen LogP contribution is -2.08. The lowest BCUT2D eigenvalue weighted by Gasteiger charge is -2.08. The lowest BCUT2D eigenvalue weighted by atomic mass is 10.1. The van der Waals surface area contributed by atoms with Gasteiger partial charge in [-0.2, -0.15) is 0 Å². The summed E-state index contributed by atoms with van der Waals surface area (Å²) in [6.45, 7) is 5.25. The topological polar surface area (TPSA) is 17.8 Å². The molecule has 1 unspecified atom stereocenters. The molecule has 0 radical (unpaired) electrons. The molecule has 3 heteroatoms. The Hall–Kier alpha value is -0.500. The van der Waals surface area contributed by atoms with Gasteiger partial charge in [0, 0.05) is 31.2 Å². The Morgan fingerprint density at radius 2 is 2.42 bits per heavy atom. The molecule has 0 aromatic carbocycles. The van der Waals surface area contributed by atoms with Crippen LogP contribution in [0.1, 0.15) is 19.7 Å². The van der Waals surface area contributed by atoms with Gasteiger partial charge in [-0.25, -0.2) is 4.98 Å². The molecule has 1 rings (SSSR count). The molecular formula is C9H15ClN2. The van der Waals surface area contributed by atoms with Gasteiger partial charge in [0.05, 0.1) is 0 Å². The summed E-state index contributed by atoms with van der Waals surface area (Å²) < 4.78 is 2.16. The van der Waals surface area contributed by atoms with E-state index in [0.717, 1.165) is 18.8 Å². The average molecular weight is 187 g/mol. The SMILES string of the molecule is CCn1ccnc1CC(C)CCl. The van der Waals surface area contributed by atoms with Crippen molar-refractivity contribution in [2.24, 2.45) is 5.92 Å². The Balaban J connectivity index is 2.61. The number of hydrogen-bond donors (Lipinski definition) is 0. The van der Waals surface area contributed by atoms with Gasteiger partial charge in [0.1, 0.15) is 5.82 Å². The minimum atomic E-state index is 0.513. The summed E-state index contributed by atoms with van der Waals surface area (Å²) >= 11 is 5.73. The van der Waals surface area contributed by atoms with Gasteiger partial charge in [-0.15, -0.1) is 11.6 Å². The van der Waals surface area contributed by atoms with Gasteiger partial charge in [0.2, 0.25) is 0 Å². The van der Waals surface area contributed by atoms with Crippen LogP contribution in [-0.2, 0) is 13.0 Å². The van der Waals surface area contributed by atoms with Gasteiger partial charge >= 0.3 is 0 Å². The van der Waals surface area contributed by atoms with Crippen molar-refractivity contribution in [2.75, 3.05) is 5.88 Å². The summed E-state index contributed by atoms with van der Waals surface area (Å²) in [7, 11) is 0. The van der Waals surface area contributed by atoms with E-state index < -0.39 is 0 Å². The minimum absolute atomic E-state index is 0.513. The zero-order valence-corrected chi connectivity index (χ0v) is 8.38. The third-order valence-electron chi connectivity index (χ3n) is 1.94. The van der Waals surface area contributed by atoms with Crippen molar-refractivity contribution < 1.29 is 0 Å². The molecule has 0 spiro atoms. The molecule has 1 atom stereocenters. The van der Waals surface area contributed by atoms with Crippen LogP contribution >= 0.6 is 11.6 Å². The number of imidazole rings is 1. The number of halogens is 1. The zero-order chi connectivity index (χ0) is 8.97. The monoisotopic (exact) mass is 186 g/mol. The van der Waals surface area contributed by atoms with Gasteiger partial charge in [0.25, 0.3) is 0 Å². The van der Waals surface area contributed by atoms with Crippen molar-refractivity contribution in [3.63, 3.8) is 0 Å². The molecule has 68 valence electrons. The molecule has 12 heavy (non-hydrogen) atoms. The highest BCUT2D eigenvalue weighted by Crippen LogP contribution is 2.07. The zero-order valence-electron chi connectivity index (χ0n) is 7.63. The quantitative estimate of drug-likeness (QED) is 0.660. The predicted molar refractivity (Wildman–Crippen MR) is 51.5 cm³/mol. The number of alkyl halides is 1. The first kappa shape index (κ1) is 9.59. The van der Waals surface area contributed by atoms with Crippen LogP contribution in [0.3, 0.4) is 0 Å². The van der Waals surface area contributed by atoms with Crippen molar-refractivity contribution in [3.8, 4) is 0 Å². The van der Waals surface area contributed by atoms with E-state index in [2.05, 4.69) is 23.4 Å². The number of nitrogens with zero attached hydrogens (tertiary/aromatic N) is 2. The Kier molecular flexibility index (Phi) is 3.60. The van der Waals surface area contributed by atoms with E-state index in [4.69, 9.17) is 11.6 Å². The Morgan fingerprint density at radius 3 is 3.00 bits per heavy atom. The fourth-order valence-electron chi connectivity index (χ4n) is 1.18. The smallest absolute Gasteiger partial charge is 0.108 e. The normalized spacial score (nSPS) is 13.2. The van der Waals surface area contributed by atoms with E-state index in [9.17, 15) is 0 Å². The Bertz CT molecular complexity index is 232. The number of aromatic nitrogens is 2. The fraction of sp³-hybridized carbons (Fsp3) is 0.667. The molecular weight excluding hydrogens is 172 g/mol. The molecule has 0 saturated heterocycles. The summed E-state index contributed by atoms with van der Waals surface area (Å²) in [6, 6.07) is 0. The highest BCUT2D eigenvalue weighted by molar-refractivity contribution is 6.18. The molecule has 2 nitrogen and oxygen atoms in total. The molecule has 0 amide bonds. The largest absolute Gasteiger partial charge is 0.335 e. The standard InChI is InChI=1S/C9H15ClN2/c1-3-12-5-4-11-9(12)6-8(2)7-10/h4-5,8H,3,6-7H2,1-2H3. The first-order valence-corrected chi connectivity index (χ1v) is 4.87. The fourth-order valence-corrected chi connectivity index (χ4v) is 1.29. The van der Waals surface area contributed by atoms with E-state index in [-0.39, 0.29) is 0 Å². The molecule has 0 aliphatic carbocycles. The molecule has 1 heterocycles. The molecule has 0 aliphatic rings. The Morgan fingerprint density at radius 1 is 1.67 bits per heavy atom. The van der Waals surface area contributed by atoms with Crippen LogP contribution in [-0.4, -0.2) is 15.4 Å². The van der Waals surface area contributed by atoms with Crippen LogP contribution in [0.25, 0.3) is 0 Å². The van der Waals surface area contributed by atoms with E-state index in [1.807, 2.05) is 12.4 Å². The van der Waals surface area contributed by atoms with Crippen molar-refractivity contribution in [3.05, 3.63) is 18.2 Å². The van der Waals surface area contributed by atoms with Crippen LogP contribution in [0.5, 0.6) is 0 Å². The summed E-state index contributed by atoms with van der Waals surface area (Å²) in [4.78, 5) is 4.28. The predicted octanol–water partition coefficient (Wildman–Crippen LogP) is 2.32. The van der Waals surface area contributed by atoms with Crippen molar-refractivity contribution in [1.29, 1.82) is 0 Å². The molecule has 1 aromatic heterocycles. The van der Waals surface area contributed by atoms with Crippen molar-refractivity contribution in [1.82, 2.24) is 9.55 Å².